The zero-order chi connectivity index (χ0) is 13.9. The lowest BCUT2D eigenvalue weighted by Crippen LogP contribution is -2.27. The van der Waals surface area contributed by atoms with Crippen LogP contribution in [0.15, 0.2) is 22.7 Å². The van der Waals surface area contributed by atoms with E-state index in [2.05, 4.69) is 63.9 Å². The Labute approximate surface area is 133 Å². The van der Waals surface area contributed by atoms with Crippen LogP contribution in [0.3, 0.4) is 0 Å². The molecule has 0 amide bonds. The predicted molar refractivity (Wildman–Crippen MR) is 88.4 cm³/mol. The Morgan fingerprint density at radius 2 is 1.95 bits per heavy atom. The van der Waals surface area contributed by atoms with Crippen molar-refractivity contribution in [2.45, 2.75) is 45.4 Å². The molecule has 1 aromatic rings. The van der Waals surface area contributed by atoms with Gasteiger partial charge in [0, 0.05) is 15.2 Å². The van der Waals surface area contributed by atoms with Crippen LogP contribution in [0.4, 0.5) is 0 Å². The quantitative estimate of drug-likeness (QED) is 0.569. The van der Waals surface area contributed by atoms with Crippen molar-refractivity contribution in [2.75, 3.05) is 11.9 Å². The Morgan fingerprint density at radius 3 is 2.53 bits per heavy atom. The van der Waals surface area contributed by atoms with Crippen LogP contribution in [-0.4, -0.2) is 11.9 Å². The van der Waals surface area contributed by atoms with Crippen LogP contribution in [0, 0.1) is 5.41 Å². The van der Waals surface area contributed by atoms with Gasteiger partial charge >= 0.3 is 0 Å². The average molecular weight is 390 g/mol. The second kappa shape index (κ2) is 6.62. The van der Waals surface area contributed by atoms with Gasteiger partial charge in [-0.05, 0) is 42.5 Å². The first kappa shape index (κ1) is 15.4. The molecule has 0 aliphatic heterocycles. The summed E-state index contributed by atoms with van der Waals surface area (Å²) in [6.45, 7) is 5.26. The standard InChI is InChI=1S/C16H22Br2O/c1-12(2)14-9-13(18)5-6-15(14)19-11-16(10-17)7-3-4-8-16/h5-6,9,12H,3-4,7-8,10-11H2,1-2H3. The van der Waals surface area contributed by atoms with E-state index in [0.717, 1.165) is 22.2 Å². The SMILES string of the molecule is CC(C)c1cc(Br)ccc1OCC1(CBr)CCCC1. The van der Waals surface area contributed by atoms with Crippen LogP contribution in [0.2, 0.25) is 0 Å². The summed E-state index contributed by atoms with van der Waals surface area (Å²) >= 11 is 7.22. The summed E-state index contributed by atoms with van der Waals surface area (Å²) in [5, 5.41) is 1.05. The van der Waals surface area contributed by atoms with E-state index in [1.54, 1.807) is 0 Å². The van der Waals surface area contributed by atoms with Gasteiger partial charge < -0.3 is 4.74 Å². The van der Waals surface area contributed by atoms with E-state index in [-0.39, 0.29) is 0 Å². The van der Waals surface area contributed by atoms with Crippen LogP contribution in [0.5, 0.6) is 5.75 Å². The third-order valence-corrected chi connectivity index (χ3v) is 5.76. The highest BCUT2D eigenvalue weighted by Crippen LogP contribution is 2.40. The zero-order valence-electron chi connectivity index (χ0n) is 11.7. The summed E-state index contributed by atoms with van der Waals surface area (Å²) < 4.78 is 7.31. The van der Waals surface area contributed by atoms with Crippen LogP contribution in [-0.2, 0) is 0 Å². The first-order chi connectivity index (χ1) is 9.06. The second-order valence-corrected chi connectivity index (χ2v) is 7.44. The Balaban J connectivity index is 2.10. The Morgan fingerprint density at radius 1 is 1.26 bits per heavy atom. The number of rotatable bonds is 5. The van der Waals surface area contributed by atoms with Crippen molar-refractivity contribution in [3.05, 3.63) is 28.2 Å². The molecule has 0 bridgehead atoms. The molecule has 1 aromatic carbocycles. The van der Waals surface area contributed by atoms with Gasteiger partial charge in [-0.3, -0.25) is 0 Å². The fraction of sp³-hybridized carbons (Fsp3) is 0.625. The van der Waals surface area contributed by atoms with Gasteiger partial charge in [0.2, 0.25) is 0 Å². The van der Waals surface area contributed by atoms with Gasteiger partial charge in [-0.25, -0.2) is 0 Å². The van der Waals surface area contributed by atoms with E-state index in [1.165, 1.54) is 31.2 Å². The summed E-state index contributed by atoms with van der Waals surface area (Å²) in [5.41, 5.74) is 1.64. The molecule has 0 radical (unpaired) electrons. The lowest BCUT2D eigenvalue weighted by Gasteiger charge is -2.27. The fourth-order valence-electron chi connectivity index (χ4n) is 2.77. The minimum absolute atomic E-state index is 0.349. The van der Waals surface area contributed by atoms with E-state index in [4.69, 9.17) is 4.74 Å². The third kappa shape index (κ3) is 3.75. The minimum Gasteiger partial charge on any atom is -0.493 e. The van der Waals surface area contributed by atoms with E-state index in [0.29, 0.717) is 11.3 Å². The van der Waals surface area contributed by atoms with Gasteiger partial charge in [0.1, 0.15) is 5.75 Å². The van der Waals surface area contributed by atoms with Gasteiger partial charge in [0.15, 0.2) is 0 Å². The molecule has 0 N–H and O–H groups in total. The van der Waals surface area contributed by atoms with Crippen molar-refractivity contribution >= 4 is 31.9 Å². The molecule has 106 valence electrons. The number of hydrogen-bond acceptors (Lipinski definition) is 1. The fourth-order valence-corrected chi connectivity index (χ4v) is 3.88. The highest BCUT2D eigenvalue weighted by atomic mass is 79.9. The molecule has 1 aliphatic carbocycles. The number of ether oxygens (including phenoxy) is 1. The molecule has 1 saturated carbocycles. The Bertz CT molecular complexity index is 423. The molecule has 1 fully saturated rings. The number of hydrogen-bond donors (Lipinski definition) is 0. The van der Waals surface area contributed by atoms with E-state index in [9.17, 15) is 0 Å². The summed E-state index contributed by atoms with van der Waals surface area (Å²) in [6.07, 6.45) is 5.25. The van der Waals surface area contributed by atoms with Crippen molar-refractivity contribution < 1.29 is 4.74 Å². The predicted octanol–water partition coefficient (Wildman–Crippen LogP) is 5.91. The van der Waals surface area contributed by atoms with Gasteiger partial charge in [-0.2, -0.15) is 0 Å². The maximum Gasteiger partial charge on any atom is 0.122 e. The molecule has 1 nitrogen and oxygen atoms in total. The van der Waals surface area contributed by atoms with E-state index < -0.39 is 0 Å². The number of halogens is 2. The van der Waals surface area contributed by atoms with Crippen LogP contribution in [0.1, 0.15) is 51.0 Å². The highest BCUT2D eigenvalue weighted by molar-refractivity contribution is 9.10. The van der Waals surface area contributed by atoms with Gasteiger partial charge in [0.25, 0.3) is 0 Å². The highest BCUT2D eigenvalue weighted by Gasteiger charge is 2.33. The number of benzene rings is 1. The Kier molecular flexibility index (Phi) is 5.36. The van der Waals surface area contributed by atoms with Crippen molar-refractivity contribution in [3.8, 4) is 5.75 Å². The molecule has 0 unspecified atom stereocenters. The van der Waals surface area contributed by atoms with Crippen LogP contribution in [0.25, 0.3) is 0 Å². The molecule has 0 atom stereocenters. The molecule has 19 heavy (non-hydrogen) atoms. The maximum absolute atomic E-state index is 6.18. The topological polar surface area (TPSA) is 9.23 Å². The Hall–Kier alpha value is -0.0200. The van der Waals surface area contributed by atoms with Crippen LogP contribution < -0.4 is 4.74 Å². The molecule has 2 rings (SSSR count). The van der Waals surface area contributed by atoms with Crippen molar-refractivity contribution in [1.29, 1.82) is 0 Å². The maximum atomic E-state index is 6.18. The first-order valence-corrected chi connectivity index (χ1v) is 8.96. The molecule has 0 saturated heterocycles. The molecule has 0 spiro atoms. The molecular weight excluding hydrogens is 368 g/mol. The normalized spacial score (nSPS) is 17.9. The molecule has 3 heteroatoms. The summed E-state index contributed by atoms with van der Waals surface area (Å²) in [4.78, 5) is 0. The van der Waals surface area contributed by atoms with E-state index >= 15 is 0 Å². The van der Waals surface area contributed by atoms with Gasteiger partial charge in [0.05, 0.1) is 6.61 Å². The number of alkyl halides is 1. The van der Waals surface area contributed by atoms with Gasteiger partial charge in [-0.1, -0.05) is 58.5 Å². The lowest BCUT2D eigenvalue weighted by molar-refractivity contribution is 0.172. The zero-order valence-corrected chi connectivity index (χ0v) is 14.9. The van der Waals surface area contributed by atoms with Crippen molar-refractivity contribution in [3.63, 3.8) is 0 Å². The summed E-state index contributed by atoms with van der Waals surface area (Å²) in [5.74, 6) is 1.53. The van der Waals surface area contributed by atoms with Crippen molar-refractivity contribution in [2.24, 2.45) is 5.41 Å². The third-order valence-electron chi connectivity index (χ3n) is 4.08. The van der Waals surface area contributed by atoms with Gasteiger partial charge in [-0.15, -0.1) is 0 Å². The molecular formula is C16H22Br2O. The monoisotopic (exact) mass is 388 g/mol. The minimum atomic E-state index is 0.349. The van der Waals surface area contributed by atoms with Crippen molar-refractivity contribution in [1.82, 2.24) is 0 Å². The summed E-state index contributed by atoms with van der Waals surface area (Å²) in [6, 6.07) is 6.34. The largest absolute Gasteiger partial charge is 0.493 e. The average Bonchev–Trinajstić information content (AvgIpc) is 2.86. The smallest absolute Gasteiger partial charge is 0.122 e. The first-order valence-electron chi connectivity index (χ1n) is 7.04. The molecule has 1 aliphatic rings. The summed E-state index contributed by atoms with van der Waals surface area (Å²) in [7, 11) is 0. The molecule has 0 heterocycles. The van der Waals surface area contributed by atoms with E-state index in [1.807, 2.05) is 0 Å². The molecule has 0 aromatic heterocycles. The second-order valence-electron chi connectivity index (χ2n) is 5.97. The van der Waals surface area contributed by atoms with Crippen LogP contribution >= 0.6 is 31.9 Å². The lowest BCUT2D eigenvalue weighted by atomic mass is 9.90.